The molecule has 2 atom stereocenters. The Morgan fingerprint density at radius 3 is 2.17 bits per heavy atom. The molecule has 2 heterocycles. The molecule has 0 saturated carbocycles. The molecule has 0 bridgehead atoms. The molecule has 2 aromatic rings. The molecule has 192 valence electrons. The smallest absolute Gasteiger partial charge is 0.410 e. The molecule has 2 N–H and O–H groups in total. The fraction of sp³-hybridized carbons (Fsp3) is 0.448. The Labute approximate surface area is 213 Å². The van der Waals surface area contributed by atoms with Crippen LogP contribution in [0.2, 0.25) is 0 Å². The van der Waals surface area contributed by atoms with Crippen LogP contribution in [0, 0.1) is 11.8 Å². The van der Waals surface area contributed by atoms with Gasteiger partial charge < -0.3 is 24.7 Å². The molecule has 0 aliphatic carbocycles. The van der Waals surface area contributed by atoms with E-state index in [0.717, 1.165) is 11.1 Å². The van der Waals surface area contributed by atoms with Crippen molar-refractivity contribution >= 4 is 12.0 Å². The third kappa shape index (κ3) is 7.84. The quantitative estimate of drug-likeness (QED) is 0.635. The van der Waals surface area contributed by atoms with E-state index in [1.165, 1.54) is 6.92 Å². The van der Waals surface area contributed by atoms with Crippen molar-refractivity contribution in [1.29, 1.82) is 0 Å². The summed E-state index contributed by atoms with van der Waals surface area (Å²) < 4.78 is 5.51. The number of hydrogen-bond donors (Lipinski definition) is 2. The fourth-order valence-corrected chi connectivity index (χ4v) is 4.18. The first-order valence-corrected chi connectivity index (χ1v) is 12.3. The summed E-state index contributed by atoms with van der Waals surface area (Å²) in [5, 5.41) is 20.2. The number of β-amino-alcohol motifs (C(OH)–C–C–N with tert-alkyl or cyclic N) is 1. The first-order chi connectivity index (χ1) is 17.0. The van der Waals surface area contributed by atoms with Crippen LogP contribution < -0.4 is 0 Å². The minimum atomic E-state index is -1.14. The number of carbonyl (C=O) groups is 2. The zero-order chi connectivity index (χ0) is 26.3. The average molecular weight is 493 g/mol. The summed E-state index contributed by atoms with van der Waals surface area (Å²) in [7, 11) is 0. The predicted molar refractivity (Wildman–Crippen MR) is 138 cm³/mol. The molecule has 7 heteroatoms. The highest BCUT2D eigenvalue weighted by atomic mass is 16.6. The third-order valence-electron chi connectivity index (χ3n) is 6.24. The highest BCUT2D eigenvalue weighted by Crippen LogP contribution is 2.28. The van der Waals surface area contributed by atoms with Gasteiger partial charge in [-0.2, -0.15) is 0 Å². The summed E-state index contributed by atoms with van der Waals surface area (Å²) >= 11 is 0. The lowest BCUT2D eigenvalue weighted by Crippen LogP contribution is -2.62. The normalized spacial score (nSPS) is 19.5. The van der Waals surface area contributed by atoms with Crippen LogP contribution in [0.15, 0.2) is 60.7 Å². The van der Waals surface area contributed by atoms with Crippen molar-refractivity contribution in [3.63, 3.8) is 0 Å². The molecule has 2 aliphatic rings. The zero-order valence-corrected chi connectivity index (χ0v) is 21.5. The number of rotatable bonds is 4. The number of aliphatic hydroxyl groups is 2. The Hall–Kier alpha value is -3.34. The van der Waals surface area contributed by atoms with Gasteiger partial charge in [-0.3, -0.25) is 4.79 Å². The van der Waals surface area contributed by atoms with Crippen LogP contribution in [-0.2, 0) is 9.53 Å². The van der Waals surface area contributed by atoms with E-state index in [0.29, 0.717) is 19.4 Å². The summed E-state index contributed by atoms with van der Waals surface area (Å²) in [5.41, 5.74) is -0.294. The van der Waals surface area contributed by atoms with E-state index >= 15 is 0 Å². The van der Waals surface area contributed by atoms with Crippen LogP contribution >= 0.6 is 0 Å². The lowest BCUT2D eigenvalue weighted by Gasteiger charge is -2.42. The van der Waals surface area contributed by atoms with E-state index in [2.05, 4.69) is 11.8 Å². The molecular formula is C29H36N2O5. The van der Waals surface area contributed by atoms with Crippen LogP contribution in [0.5, 0.6) is 0 Å². The first-order valence-electron chi connectivity index (χ1n) is 12.3. The molecule has 0 spiro atoms. The molecule has 2 amide bonds. The van der Waals surface area contributed by atoms with Crippen molar-refractivity contribution in [1.82, 2.24) is 9.80 Å². The van der Waals surface area contributed by atoms with Crippen molar-refractivity contribution in [3.05, 3.63) is 71.8 Å². The van der Waals surface area contributed by atoms with Crippen LogP contribution in [0.25, 0.3) is 0 Å². The van der Waals surface area contributed by atoms with Crippen molar-refractivity contribution < 1.29 is 24.5 Å². The molecule has 2 saturated heterocycles. The molecule has 2 unspecified atom stereocenters. The van der Waals surface area contributed by atoms with E-state index < -0.39 is 11.2 Å². The van der Waals surface area contributed by atoms with Gasteiger partial charge in [-0.25, -0.2) is 4.79 Å². The maximum Gasteiger partial charge on any atom is 0.410 e. The Kier molecular flexibility index (Phi) is 8.78. The van der Waals surface area contributed by atoms with E-state index in [9.17, 15) is 19.8 Å². The van der Waals surface area contributed by atoms with Crippen molar-refractivity contribution in [2.75, 3.05) is 19.6 Å². The SMILES string of the molecule is CC(=O)N1CC(O)(C#Cc2ccc(C(C)N3CCC(CC(C)(C)O)OC3=O)cc2)C1.c1ccccc1. The third-order valence-corrected chi connectivity index (χ3v) is 6.24. The van der Waals surface area contributed by atoms with E-state index in [1.54, 1.807) is 23.6 Å². The fourth-order valence-electron chi connectivity index (χ4n) is 4.18. The van der Waals surface area contributed by atoms with Crippen LogP contribution in [-0.4, -0.2) is 69.0 Å². The van der Waals surface area contributed by atoms with Gasteiger partial charge in [0, 0.05) is 31.9 Å². The van der Waals surface area contributed by atoms with Crippen molar-refractivity contribution in [2.24, 2.45) is 0 Å². The molecule has 0 aromatic heterocycles. The molecule has 7 nitrogen and oxygen atoms in total. The van der Waals surface area contributed by atoms with Crippen LogP contribution in [0.3, 0.4) is 0 Å². The van der Waals surface area contributed by atoms with Gasteiger partial charge in [-0.1, -0.05) is 60.4 Å². The zero-order valence-electron chi connectivity index (χ0n) is 21.5. The van der Waals surface area contributed by atoms with Gasteiger partial charge in [0.2, 0.25) is 5.91 Å². The summed E-state index contributed by atoms with van der Waals surface area (Å²) in [6.45, 7) is 7.88. The average Bonchev–Trinajstić information content (AvgIpc) is 2.81. The minimum absolute atomic E-state index is 0.0672. The van der Waals surface area contributed by atoms with Gasteiger partial charge in [-0.15, -0.1) is 0 Å². The van der Waals surface area contributed by atoms with Crippen LogP contribution in [0.1, 0.15) is 57.7 Å². The molecule has 2 aromatic carbocycles. The maximum atomic E-state index is 12.4. The summed E-state index contributed by atoms with van der Waals surface area (Å²) in [6, 6.07) is 19.4. The number of cyclic esters (lactones) is 1. The lowest BCUT2D eigenvalue weighted by atomic mass is 9.94. The van der Waals surface area contributed by atoms with E-state index in [1.807, 2.05) is 67.6 Å². The van der Waals surface area contributed by atoms with Gasteiger partial charge in [-0.05, 0) is 38.5 Å². The number of hydrogen-bond acceptors (Lipinski definition) is 5. The van der Waals surface area contributed by atoms with Gasteiger partial charge in [0.25, 0.3) is 0 Å². The van der Waals surface area contributed by atoms with Crippen LogP contribution in [0.4, 0.5) is 4.79 Å². The highest BCUT2D eigenvalue weighted by Gasteiger charge is 2.41. The summed E-state index contributed by atoms with van der Waals surface area (Å²) in [5.74, 6) is 5.74. The Morgan fingerprint density at radius 1 is 1.14 bits per heavy atom. The maximum absolute atomic E-state index is 12.4. The number of likely N-dealkylation sites (tertiary alicyclic amines) is 1. The number of amides is 2. The Morgan fingerprint density at radius 2 is 1.69 bits per heavy atom. The number of nitrogens with zero attached hydrogens (tertiary/aromatic N) is 2. The Balaban J connectivity index is 0.000000526. The largest absolute Gasteiger partial charge is 0.446 e. The standard InChI is InChI=1S/C23H30N2O5.C6H6/c1-16(25-12-10-20(30-21(25)27)13-22(3,4)28)19-7-5-18(6-8-19)9-11-23(29)14-24(15-23)17(2)26;1-2-4-6-5-3-1/h5-8,16,20,28-29H,10,12-15H2,1-4H3;1-6H. The van der Waals surface area contributed by atoms with Gasteiger partial charge in [0.05, 0.1) is 24.7 Å². The van der Waals surface area contributed by atoms with Crippen molar-refractivity contribution in [3.8, 4) is 11.8 Å². The summed E-state index contributed by atoms with van der Waals surface area (Å²) in [6.07, 6.45) is 0.466. The lowest BCUT2D eigenvalue weighted by molar-refractivity contribution is -0.144. The predicted octanol–water partition coefficient (Wildman–Crippen LogP) is 3.75. The number of benzene rings is 2. The topological polar surface area (TPSA) is 90.3 Å². The van der Waals surface area contributed by atoms with Gasteiger partial charge in [0.15, 0.2) is 5.60 Å². The molecule has 0 radical (unpaired) electrons. The monoisotopic (exact) mass is 492 g/mol. The second-order valence-electron chi connectivity index (χ2n) is 10.1. The second-order valence-corrected chi connectivity index (χ2v) is 10.1. The molecule has 2 aliphatic heterocycles. The molecular weight excluding hydrogens is 456 g/mol. The van der Waals surface area contributed by atoms with Crippen molar-refractivity contribution in [2.45, 2.75) is 63.9 Å². The van der Waals surface area contributed by atoms with Gasteiger partial charge >= 0.3 is 6.09 Å². The summed E-state index contributed by atoms with van der Waals surface area (Å²) in [4.78, 5) is 26.9. The first kappa shape index (κ1) is 27.3. The van der Waals surface area contributed by atoms with Gasteiger partial charge in [0.1, 0.15) is 6.10 Å². The molecule has 36 heavy (non-hydrogen) atoms. The number of ether oxygens (including phenoxy) is 1. The highest BCUT2D eigenvalue weighted by molar-refractivity contribution is 5.75. The number of carbonyl (C=O) groups excluding carboxylic acids is 2. The van der Waals surface area contributed by atoms with E-state index in [4.69, 9.17) is 4.74 Å². The van der Waals surface area contributed by atoms with E-state index in [-0.39, 0.29) is 37.2 Å². The molecule has 4 rings (SSSR count). The molecule has 2 fully saturated rings. The minimum Gasteiger partial charge on any atom is -0.446 e. The Bertz CT molecular complexity index is 1050. The second kappa shape index (κ2) is 11.6.